The van der Waals surface area contributed by atoms with Gasteiger partial charge in [0.1, 0.15) is 11.9 Å². The minimum Gasteiger partial charge on any atom is -0.393 e. The van der Waals surface area contributed by atoms with Crippen LogP contribution < -0.4 is 0 Å². The maximum Gasteiger partial charge on any atom is 0.292 e. The second-order valence-corrected chi connectivity index (χ2v) is 9.08. The molecule has 3 aliphatic heterocycles. The van der Waals surface area contributed by atoms with Crippen LogP contribution in [-0.4, -0.2) is 102 Å². The number of aliphatic hydroxyl groups is 1. The number of β-lactam (4-membered cyclic amide) rings is 1. The summed E-state index contributed by atoms with van der Waals surface area (Å²) in [6.07, 6.45) is 3.35. The first-order chi connectivity index (χ1) is 15.2. The van der Waals surface area contributed by atoms with E-state index in [9.17, 15) is 24.3 Å². The van der Waals surface area contributed by atoms with Gasteiger partial charge < -0.3 is 19.8 Å². The number of nitrogens with zero attached hydrogens (tertiary/aromatic N) is 6. The summed E-state index contributed by atoms with van der Waals surface area (Å²) < 4.78 is 1.38. The van der Waals surface area contributed by atoms with Crippen molar-refractivity contribution >= 4 is 23.5 Å². The molecule has 1 aromatic heterocycles. The summed E-state index contributed by atoms with van der Waals surface area (Å²) in [6, 6.07) is 0. The number of amides is 3. The van der Waals surface area contributed by atoms with Crippen LogP contribution in [0.25, 0.3) is 0 Å². The van der Waals surface area contributed by atoms with Gasteiger partial charge in [0.15, 0.2) is 5.78 Å². The third-order valence-electron chi connectivity index (χ3n) is 6.91. The first-order valence-corrected chi connectivity index (χ1v) is 11.2. The Bertz CT molecular complexity index is 924. The molecule has 1 N–H and O–H groups in total. The number of carbonyl (C=O) groups excluding carboxylic acids is 4. The predicted octanol–water partition coefficient (Wildman–Crippen LogP) is -0.789. The van der Waals surface area contributed by atoms with Crippen LogP contribution in [-0.2, 0) is 21.4 Å². The van der Waals surface area contributed by atoms with Crippen LogP contribution in [0, 0.1) is 5.92 Å². The van der Waals surface area contributed by atoms with Gasteiger partial charge in [-0.2, -0.15) is 5.10 Å². The molecule has 3 atom stereocenters. The van der Waals surface area contributed by atoms with Crippen molar-refractivity contribution in [1.29, 1.82) is 0 Å². The third-order valence-corrected chi connectivity index (χ3v) is 6.91. The van der Waals surface area contributed by atoms with Crippen molar-refractivity contribution < 1.29 is 24.3 Å². The number of ketones is 1. The summed E-state index contributed by atoms with van der Waals surface area (Å²) in [5, 5.41) is 14.0. The largest absolute Gasteiger partial charge is 0.393 e. The van der Waals surface area contributed by atoms with Crippen molar-refractivity contribution in [3.05, 3.63) is 12.2 Å². The quantitative estimate of drug-likeness (QED) is 0.544. The molecule has 1 aromatic rings. The zero-order chi connectivity index (χ0) is 23.0. The number of hydrogen-bond acceptors (Lipinski definition) is 7. The molecule has 32 heavy (non-hydrogen) atoms. The van der Waals surface area contributed by atoms with Crippen LogP contribution in [0.2, 0.25) is 0 Å². The number of aromatic nitrogens is 3. The van der Waals surface area contributed by atoms with Crippen molar-refractivity contribution in [2.45, 2.75) is 50.7 Å². The molecule has 0 bridgehead atoms. The fourth-order valence-electron chi connectivity index (χ4n) is 5.12. The fraction of sp³-hybridized carbons (Fsp3) is 0.714. The molecule has 3 fully saturated rings. The molecular formula is C21H30N6O5. The van der Waals surface area contributed by atoms with Crippen LogP contribution in [0.3, 0.4) is 0 Å². The average molecular weight is 447 g/mol. The average Bonchev–Trinajstić information content (AvgIpc) is 3.51. The van der Waals surface area contributed by atoms with Crippen LogP contribution in [0.5, 0.6) is 0 Å². The maximum atomic E-state index is 13.1. The lowest BCUT2D eigenvalue weighted by Crippen LogP contribution is -2.73. The van der Waals surface area contributed by atoms with Crippen molar-refractivity contribution in [3.63, 3.8) is 0 Å². The van der Waals surface area contributed by atoms with Crippen molar-refractivity contribution in [2.75, 3.05) is 32.7 Å². The summed E-state index contributed by atoms with van der Waals surface area (Å²) in [5.74, 6) is -1.69. The van der Waals surface area contributed by atoms with E-state index in [4.69, 9.17) is 0 Å². The molecule has 4 rings (SSSR count). The maximum absolute atomic E-state index is 13.1. The van der Waals surface area contributed by atoms with E-state index in [2.05, 4.69) is 10.1 Å². The molecule has 0 saturated carbocycles. The van der Waals surface area contributed by atoms with Crippen LogP contribution in [0.15, 0.2) is 6.33 Å². The van der Waals surface area contributed by atoms with Gasteiger partial charge in [-0.25, -0.2) is 9.67 Å². The van der Waals surface area contributed by atoms with Crippen molar-refractivity contribution in [2.24, 2.45) is 13.0 Å². The number of aryl methyl sites for hydroxylation is 1. The first kappa shape index (κ1) is 22.4. The highest BCUT2D eigenvalue weighted by atomic mass is 16.3. The molecule has 174 valence electrons. The molecule has 0 radical (unpaired) electrons. The molecule has 11 nitrogen and oxygen atoms in total. The van der Waals surface area contributed by atoms with E-state index in [1.807, 2.05) is 0 Å². The van der Waals surface area contributed by atoms with E-state index < -0.39 is 17.6 Å². The van der Waals surface area contributed by atoms with Crippen LogP contribution in [0.4, 0.5) is 0 Å². The summed E-state index contributed by atoms with van der Waals surface area (Å²) in [5.41, 5.74) is -0.932. The highest BCUT2D eigenvalue weighted by Gasteiger charge is 2.60. The number of carbonyl (C=O) groups is 4. The van der Waals surface area contributed by atoms with E-state index in [1.54, 1.807) is 16.8 Å². The number of rotatable bonds is 7. The molecule has 0 aromatic carbocycles. The van der Waals surface area contributed by atoms with Gasteiger partial charge >= 0.3 is 0 Å². The lowest BCUT2D eigenvalue weighted by atomic mass is 9.84. The Kier molecular flexibility index (Phi) is 6.02. The molecule has 0 aliphatic carbocycles. The minimum atomic E-state index is -0.945. The molecule has 11 heteroatoms. The standard InChI is InChI=1S/C21H30N6O5/c1-14(28)16(18(30)25-7-3-4-8-25)10-15(29)11-26-12-21(20(26)32)6-5-9-27(21)19(31)17-22-13-23-24(17)2/h13-14,16,28H,3-12H2,1-2H3/t14-,16+,21?/m1/s1. The topological polar surface area (TPSA) is 129 Å². The van der Waals surface area contributed by atoms with E-state index in [1.165, 1.54) is 22.8 Å². The van der Waals surface area contributed by atoms with Gasteiger partial charge in [-0.15, -0.1) is 0 Å². The fourth-order valence-corrected chi connectivity index (χ4v) is 5.12. The molecule has 1 spiro atoms. The molecule has 1 unspecified atom stereocenters. The second kappa shape index (κ2) is 8.61. The van der Waals surface area contributed by atoms with Gasteiger partial charge in [0.2, 0.25) is 11.7 Å². The normalized spacial score (nSPS) is 24.7. The van der Waals surface area contributed by atoms with E-state index >= 15 is 0 Å². The lowest BCUT2D eigenvalue weighted by Gasteiger charge is -2.50. The first-order valence-electron chi connectivity index (χ1n) is 11.2. The molecule has 3 saturated heterocycles. The van der Waals surface area contributed by atoms with E-state index in [-0.39, 0.29) is 48.8 Å². The highest BCUT2D eigenvalue weighted by molar-refractivity contribution is 6.02. The smallest absolute Gasteiger partial charge is 0.292 e. The lowest BCUT2D eigenvalue weighted by molar-refractivity contribution is -0.161. The van der Waals surface area contributed by atoms with Gasteiger partial charge in [0.25, 0.3) is 11.8 Å². The SMILES string of the molecule is C[C@@H](O)[C@H](CC(=O)CN1CC2(CCCN2C(=O)c2ncnn2C)C1=O)C(=O)N1CCCC1. The summed E-state index contributed by atoms with van der Waals surface area (Å²) in [7, 11) is 1.62. The van der Waals surface area contributed by atoms with Gasteiger partial charge in [0, 0.05) is 33.1 Å². The number of Topliss-reactive ketones (excluding diaryl/α,β-unsaturated/α-hetero) is 1. The zero-order valence-electron chi connectivity index (χ0n) is 18.6. The number of aliphatic hydroxyl groups excluding tert-OH is 1. The Morgan fingerprint density at radius 3 is 2.50 bits per heavy atom. The van der Waals surface area contributed by atoms with Gasteiger partial charge in [-0.05, 0) is 32.6 Å². The number of hydrogen-bond donors (Lipinski definition) is 1. The second-order valence-electron chi connectivity index (χ2n) is 9.08. The Hall–Kier alpha value is -2.82. The number of likely N-dealkylation sites (tertiary alicyclic amines) is 3. The van der Waals surface area contributed by atoms with Gasteiger partial charge in [-0.3, -0.25) is 19.2 Å². The van der Waals surface area contributed by atoms with E-state index in [0.717, 1.165) is 12.8 Å². The minimum absolute atomic E-state index is 0.106. The van der Waals surface area contributed by atoms with E-state index in [0.29, 0.717) is 32.5 Å². The predicted molar refractivity (Wildman–Crippen MR) is 111 cm³/mol. The van der Waals surface area contributed by atoms with Gasteiger partial charge in [-0.1, -0.05) is 0 Å². The Morgan fingerprint density at radius 2 is 1.91 bits per heavy atom. The molecular weight excluding hydrogens is 416 g/mol. The Morgan fingerprint density at radius 1 is 1.19 bits per heavy atom. The Balaban J connectivity index is 1.37. The zero-order valence-corrected chi connectivity index (χ0v) is 18.6. The summed E-state index contributed by atoms with van der Waals surface area (Å²) >= 11 is 0. The summed E-state index contributed by atoms with van der Waals surface area (Å²) in [6.45, 7) is 3.43. The van der Waals surface area contributed by atoms with Crippen LogP contribution in [0.1, 0.15) is 49.6 Å². The third kappa shape index (κ3) is 3.78. The monoisotopic (exact) mass is 446 g/mol. The van der Waals surface area contributed by atoms with Gasteiger partial charge in [0.05, 0.1) is 25.1 Å². The Labute approximate surface area is 186 Å². The summed E-state index contributed by atoms with van der Waals surface area (Å²) in [4.78, 5) is 60.1. The highest BCUT2D eigenvalue weighted by Crippen LogP contribution is 2.39. The molecule has 3 amide bonds. The molecule has 4 heterocycles. The van der Waals surface area contributed by atoms with Crippen molar-refractivity contribution in [1.82, 2.24) is 29.5 Å². The van der Waals surface area contributed by atoms with Crippen molar-refractivity contribution in [3.8, 4) is 0 Å². The van der Waals surface area contributed by atoms with Crippen LogP contribution >= 0.6 is 0 Å². The molecule has 3 aliphatic rings.